The van der Waals surface area contributed by atoms with Crippen molar-refractivity contribution in [1.29, 1.82) is 0 Å². The second-order valence-electron chi connectivity index (χ2n) is 6.74. The topological polar surface area (TPSA) is 34.9 Å². The lowest BCUT2D eigenvalue weighted by Gasteiger charge is -2.18. The number of nitrogens with zero attached hydrogens (tertiary/aromatic N) is 2. The number of carbonyl (C=O) groups excluding carboxylic acids is 1. The van der Waals surface area contributed by atoms with E-state index in [-0.39, 0.29) is 11.8 Å². The zero-order valence-corrected chi connectivity index (χ0v) is 15.2. The summed E-state index contributed by atoms with van der Waals surface area (Å²) in [6.45, 7) is 8.24. The molecule has 0 saturated carbocycles. The lowest BCUT2D eigenvalue weighted by molar-refractivity contribution is 0.0874. The molecule has 0 fully saturated rings. The lowest BCUT2D eigenvalue weighted by atomic mass is 9.90. The number of aromatic nitrogens is 2. The van der Waals surface area contributed by atoms with E-state index in [0.717, 1.165) is 28.1 Å². The highest BCUT2D eigenvalue weighted by molar-refractivity contribution is 5.89. The summed E-state index contributed by atoms with van der Waals surface area (Å²) in [5, 5.41) is 4.57. The summed E-state index contributed by atoms with van der Waals surface area (Å²) in [5.41, 5.74) is 5.00. The highest BCUT2D eigenvalue weighted by atomic mass is 16.2. The predicted octanol–water partition coefficient (Wildman–Crippen LogP) is 5.10. The average Bonchev–Trinajstić information content (AvgIpc) is 2.91. The molecule has 0 amide bonds. The van der Waals surface area contributed by atoms with Crippen LogP contribution in [0.3, 0.4) is 0 Å². The van der Waals surface area contributed by atoms with Gasteiger partial charge in [-0.2, -0.15) is 5.10 Å². The molecule has 3 rings (SSSR count). The first-order valence-corrected chi connectivity index (χ1v) is 8.71. The minimum Gasteiger partial charge on any atom is -0.271 e. The maximum absolute atomic E-state index is 13.5. The van der Waals surface area contributed by atoms with Gasteiger partial charge >= 0.3 is 0 Å². The molecule has 128 valence electrons. The third kappa shape index (κ3) is 3.27. The summed E-state index contributed by atoms with van der Waals surface area (Å²) in [6, 6.07) is 19.8. The first kappa shape index (κ1) is 17.2. The molecule has 0 aliphatic rings. The molecule has 2 aromatic carbocycles. The number of rotatable bonds is 4. The van der Waals surface area contributed by atoms with Crippen LogP contribution in [0.2, 0.25) is 0 Å². The number of carbonyl (C=O) groups is 1. The minimum absolute atomic E-state index is 0.00935. The summed E-state index contributed by atoms with van der Waals surface area (Å²) >= 11 is 0. The molecule has 3 heteroatoms. The molecular weight excluding hydrogens is 308 g/mol. The average molecular weight is 332 g/mol. The van der Waals surface area contributed by atoms with E-state index in [0.29, 0.717) is 5.92 Å². The Bertz CT molecular complexity index is 824. The van der Waals surface area contributed by atoms with Gasteiger partial charge in [-0.25, -0.2) is 4.68 Å². The molecule has 0 spiro atoms. The van der Waals surface area contributed by atoms with Crippen LogP contribution in [0.5, 0.6) is 0 Å². The van der Waals surface area contributed by atoms with Crippen LogP contribution in [0.25, 0.3) is 0 Å². The molecule has 1 aromatic heterocycles. The van der Waals surface area contributed by atoms with Gasteiger partial charge in [-0.3, -0.25) is 4.79 Å². The van der Waals surface area contributed by atoms with Crippen LogP contribution in [0.4, 0.5) is 0 Å². The van der Waals surface area contributed by atoms with Gasteiger partial charge in [-0.15, -0.1) is 0 Å². The molecule has 0 aliphatic heterocycles. The Morgan fingerprint density at radius 2 is 1.36 bits per heavy atom. The van der Waals surface area contributed by atoms with Gasteiger partial charge < -0.3 is 0 Å². The normalized spacial score (nSPS) is 11.3. The number of hydrogen-bond acceptors (Lipinski definition) is 2. The fraction of sp³-hybridized carbons (Fsp3) is 0.273. The minimum atomic E-state index is -0.361. The van der Waals surface area contributed by atoms with Gasteiger partial charge in [0.2, 0.25) is 0 Å². The van der Waals surface area contributed by atoms with Crippen LogP contribution in [0.1, 0.15) is 58.6 Å². The predicted molar refractivity (Wildman–Crippen MR) is 101 cm³/mol. The van der Waals surface area contributed by atoms with E-state index >= 15 is 0 Å². The summed E-state index contributed by atoms with van der Waals surface area (Å²) in [5.74, 6) is -0.0289. The van der Waals surface area contributed by atoms with Gasteiger partial charge in [-0.05, 0) is 36.5 Å². The van der Waals surface area contributed by atoms with Crippen LogP contribution >= 0.6 is 0 Å². The van der Waals surface area contributed by atoms with Crippen molar-refractivity contribution in [3.8, 4) is 0 Å². The standard InChI is InChI=1S/C22H24N2O/c1-15(2)20-16(3)23-24(17(20)4)22(25)21(18-11-7-5-8-12-18)19-13-9-6-10-14-19/h5-15,21H,1-4H3. The van der Waals surface area contributed by atoms with Crippen molar-refractivity contribution < 1.29 is 4.79 Å². The molecule has 3 nitrogen and oxygen atoms in total. The zero-order valence-electron chi connectivity index (χ0n) is 15.2. The molecule has 0 radical (unpaired) electrons. The van der Waals surface area contributed by atoms with E-state index < -0.39 is 0 Å². The highest BCUT2D eigenvalue weighted by Crippen LogP contribution is 2.29. The lowest BCUT2D eigenvalue weighted by Crippen LogP contribution is -2.23. The van der Waals surface area contributed by atoms with E-state index in [9.17, 15) is 4.79 Å². The summed E-state index contributed by atoms with van der Waals surface area (Å²) in [6.07, 6.45) is 0. The fourth-order valence-electron chi connectivity index (χ4n) is 3.60. The first-order valence-electron chi connectivity index (χ1n) is 8.71. The van der Waals surface area contributed by atoms with Gasteiger partial charge in [0.15, 0.2) is 0 Å². The Morgan fingerprint density at radius 1 is 0.880 bits per heavy atom. The van der Waals surface area contributed by atoms with Crippen LogP contribution in [-0.2, 0) is 0 Å². The molecule has 0 aliphatic carbocycles. The van der Waals surface area contributed by atoms with Crippen molar-refractivity contribution in [2.45, 2.75) is 39.5 Å². The molecule has 0 bridgehead atoms. The first-order chi connectivity index (χ1) is 12.0. The quantitative estimate of drug-likeness (QED) is 0.666. The number of hydrogen-bond donors (Lipinski definition) is 0. The number of aryl methyl sites for hydroxylation is 1. The molecule has 0 N–H and O–H groups in total. The summed E-state index contributed by atoms with van der Waals surface area (Å²) in [7, 11) is 0. The number of benzene rings is 2. The smallest absolute Gasteiger partial charge is 0.259 e. The van der Waals surface area contributed by atoms with Crippen molar-refractivity contribution in [1.82, 2.24) is 9.78 Å². The maximum Gasteiger partial charge on any atom is 0.259 e. The monoisotopic (exact) mass is 332 g/mol. The van der Waals surface area contributed by atoms with Crippen LogP contribution in [0, 0.1) is 13.8 Å². The van der Waals surface area contributed by atoms with Gasteiger partial charge in [0.05, 0.1) is 11.6 Å². The Labute approximate surface area is 149 Å². The van der Waals surface area contributed by atoms with Crippen LogP contribution < -0.4 is 0 Å². The van der Waals surface area contributed by atoms with Crippen LogP contribution in [0.15, 0.2) is 60.7 Å². The second kappa shape index (κ2) is 7.06. The SMILES string of the molecule is Cc1nn(C(=O)C(c2ccccc2)c2ccccc2)c(C)c1C(C)C. The summed E-state index contributed by atoms with van der Waals surface area (Å²) in [4.78, 5) is 13.5. The summed E-state index contributed by atoms with van der Waals surface area (Å²) < 4.78 is 1.59. The highest BCUT2D eigenvalue weighted by Gasteiger charge is 2.27. The maximum atomic E-state index is 13.5. The van der Waals surface area contributed by atoms with Crippen molar-refractivity contribution in [2.75, 3.05) is 0 Å². The van der Waals surface area contributed by atoms with E-state index in [4.69, 9.17) is 0 Å². The van der Waals surface area contributed by atoms with Crippen LogP contribution in [-0.4, -0.2) is 15.7 Å². The fourth-order valence-corrected chi connectivity index (χ4v) is 3.60. The van der Waals surface area contributed by atoms with E-state index in [1.807, 2.05) is 74.5 Å². The Balaban J connectivity index is 2.12. The molecule has 0 atom stereocenters. The largest absolute Gasteiger partial charge is 0.271 e. The molecule has 0 saturated heterocycles. The van der Waals surface area contributed by atoms with Gasteiger partial charge in [0, 0.05) is 5.69 Å². The molecular formula is C22H24N2O. The van der Waals surface area contributed by atoms with Gasteiger partial charge in [0.25, 0.3) is 5.91 Å². The third-order valence-electron chi connectivity index (χ3n) is 4.65. The van der Waals surface area contributed by atoms with Crippen molar-refractivity contribution >= 4 is 5.91 Å². The molecule has 0 unspecified atom stereocenters. The van der Waals surface area contributed by atoms with Gasteiger partial charge in [-0.1, -0.05) is 74.5 Å². The second-order valence-corrected chi connectivity index (χ2v) is 6.74. The van der Waals surface area contributed by atoms with Crippen molar-refractivity contribution in [3.05, 3.63) is 88.7 Å². The Morgan fingerprint density at radius 3 is 1.76 bits per heavy atom. The van der Waals surface area contributed by atoms with E-state index in [1.165, 1.54) is 0 Å². The van der Waals surface area contributed by atoms with Crippen molar-refractivity contribution in [3.63, 3.8) is 0 Å². The Hall–Kier alpha value is -2.68. The molecule has 3 aromatic rings. The van der Waals surface area contributed by atoms with E-state index in [1.54, 1.807) is 4.68 Å². The molecule has 25 heavy (non-hydrogen) atoms. The van der Waals surface area contributed by atoms with Crippen molar-refractivity contribution in [2.24, 2.45) is 0 Å². The molecule has 1 heterocycles. The van der Waals surface area contributed by atoms with E-state index in [2.05, 4.69) is 18.9 Å². The van der Waals surface area contributed by atoms with Gasteiger partial charge in [0.1, 0.15) is 0 Å². The Kier molecular flexibility index (Phi) is 4.84. The zero-order chi connectivity index (χ0) is 18.0. The third-order valence-corrected chi connectivity index (χ3v) is 4.65.